The Balaban J connectivity index is 4.46. The van der Waals surface area contributed by atoms with Crippen LogP contribution in [-0.2, 0) is 28.6 Å². The molecule has 0 saturated heterocycles. The average Bonchev–Trinajstić information content (AvgIpc) is 3.11. The lowest BCUT2D eigenvalue weighted by Crippen LogP contribution is -2.30. The Morgan fingerprint density at radius 2 is 0.780 bits per heavy atom. The van der Waals surface area contributed by atoms with Gasteiger partial charge in [0.05, 0.1) is 6.42 Å². The van der Waals surface area contributed by atoms with Crippen LogP contribution >= 0.6 is 0 Å². The second-order valence-corrected chi connectivity index (χ2v) is 13.2. The predicted octanol–water partition coefficient (Wildman–Crippen LogP) is 12.6. The molecule has 6 nitrogen and oxygen atoms in total. The largest absolute Gasteiger partial charge is 0.462 e. The quantitative estimate of drug-likeness (QED) is 0.0284. The number of carbonyl (C=O) groups excluding carboxylic acids is 3. The Morgan fingerprint density at radius 3 is 1.22 bits per heavy atom. The van der Waals surface area contributed by atoms with Crippen LogP contribution in [0.4, 0.5) is 0 Å². The molecule has 1 atom stereocenters. The molecule has 0 aliphatic rings. The maximum atomic E-state index is 12.6. The molecule has 0 N–H and O–H groups in total. The third-order valence-electron chi connectivity index (χ3n) is 8.32. The molecule has 0 rings (SSSR count). The fraction of sp³-hybridized carbons (Fsp3) is 0.705. The molecule has 0 aromatic carbocycles. The van der Waals surface area contributed by atoms with Gasteiger partial charge < -0.3 is 14.2 Å². The van der Waals surface area contributed by atoms with Gasteiger partial charge in [-0.25, -0.2) is 0 Å². The van der Waals surface area contributed by atoms with Crippen molar-refractivity contribution in [1.29, 1.82) is 0 Å². The van der Waals surface area contributed by atoms with Crippen molar-refractivity contribution >= 4 is 17.9 Å². The third kappa shape index (κ3) is 36.4. The summed E-state index contributed by atoms with van der Waals surface area (Å²) in [5, 5.41) is 0. The minimum absolute atomic E-state index is 0.104. The van der Waals surface area contributed by atoms with Gasteiger partial charge in [-0.3, -0.25) is 14.4 Å². The maximum absolute atomic E-state index is 12.6. The summed E-state index contributed by atoms with van der Waals surface area (Å²) in [6, 6.07) is 0. The highest BCUT2D eigenvalue weighted by molar-refractivity contribution is 5.72. The molecule has 0 fully saturated rings. The van der Waals surface area contributed by atoms with Gasteiger partial charge >= 0.3 is 17.9 Å². The standard InChI is InChI=1S/C44H74O6/c1-4-7-10-13-16-18-20-21-22-23-25-26-28-31-34-37-43(46)49-40-41(39-48-42(45)36-33-30-15-12-9-6-3)50-44(47)38-35-32-29-27-24-19-17-14-11-8-5-2/h7,10,16,18,21-22,25-26,31,34,41H,4-6,8-9,11-15,17,19-20,23-24,27-30,32-33,35-40H2,1-3H3/b10-7-,18-16-,22-21-,26-25-,34-31-. The van der Waals surface area contributed by atoms with Gasteiger partial charge in [-0.05, 0) is 44.9 Å². The Bertz CT molecular complexity index is 944. The first-order chi connectivity index (χ1) is 24.5. The number of hydrogen-bond acceptors (Lipinski definition) is 6. The van der Waals surface area contributed by atoms with Crippen molar-refractivity contribution in [3.8, 4) is 0 Å². The van der Waals surface area contributed by atoms with Crippen molar-refractivity contribution in [3.05, 3.63) is 60.8 Å². The Morgan fingerprint density at radius 1 is 0.420 bits per heavy atom. The molecular weight excluding hydrogens is 624 g/mol. The van der Waals surface area contributed by atoms with Gasteiger partial charge in [0.15, 0.2) is 6.10 Å². The fourth-order valence-corrected chi connectivity index (χ4v) is 5.28. The van der Waals surface area contributed by atoms with Gasteiger partial charge in [-0.1, -0.05) is 178 Å². The van der Waals surface area contributed by atoms with E-state index < -0.39 is 12.1 Å². The number of allylic oxidation sites excluding steroid dienone is 9. The fourth-order valence-electron chi connectivity index (χ4n) is 5.28. The second-order valence-electron chi connectivity index (χ2n) is 13.2. The van der Waals surface area contributed by atoms with Crippen LogP contribution < -0.4 is 0 Å². The van der Waals surface area contributed by atoms with Crippen LogP contribution in [0.1, 0.15) is 181 Å². The smallest absolute Gasteiger partial charge is 0.309 e. The van der Waals surface area contributed by atoms with E-state index in [2.05, 4.69) is 69.4 Å². The van der Waals surface area contributed by atoms with Crippen molar-refractivity contribution in [2.24, 2.45) is 0 Å². The molecule has 0 heterocycles. The van der Waals surface area contributed by atoms with Crippen molar-refractivity contribution in [3.63, 3.8) is 0 Å². The van der Waals surface area contributed by atoms with E-state index in [1.165, 1.54) is 70.6 Å². The molecule has 0 aromatic heterocycles. The van der Waals surface area contributed by atoms with Crippen LogP contribution in [0.2, 0.25) is 0 Å². The van der Waals surface area contributed by atoms with E-state index in [1.807, 2.05) is 6.08 Å². The molecule has 0 radical (unpaired) electrons. The van der Waals surface area contributed by atoms with Gasteiger partial charge in [-0.2, -0.15) is 0 Å². The first-order valence-electron chi connectivity index (χ1n) is 20.3. The number of esters is 3. The number of rotatable bonds is 35. The molecule has 286 valence electrons. The molecule has 50 heavy (non-hydrogen) atoms. The van der Waals surface area contributed by atoms with Gasteiger partial charge in [-0.15, -0.1) is 0 Å². The number of carbonyl (C=O) groups is 3. The summed E-state index contributed by atoms with van der Waals surface area (Å²) < 4.78 is 16.4. The minimum Gasteiger partial charge on any atom is -0.462 e. The van der Waals surface area contributed by atoms with E-state index in [9.17, 15) is 14.4 Å². The maximum Gasteiger partial charge on any atom is 0.309 e. The van der Waals surface area contributed by atoms with Crippen molar-refractivity contribution in [2.45, 2.75) is 187 Å². The third-order valence-corrected chi connectivity index (χ3v) is 8.32. The normalized spacial score (nSPS) is 12.6. The number of hydrogen-bond donors (Lipinski definition) is 0. The Hall–Kier alpha value is -2.89. The highest BCUT2D eigenvalue weighted by atomic mass is 16.6. The highest BCUT2D eigenvalue weighted by Gasteiger charge is 2.19. The van der Waals surface area contributed by atoms with Gasteiger partial charge in [0.2, 0.25) is 0 Å². The zero-order valence-corrected chi connectivity index (χ0v) is 32.4. The molecule has 6 heteroatoms. The summed E-state index contributed by atoms with van der Waals surface area (Å²) in [4.78, 5) is 37.3. The van der Waals surface area contributed by atoms with Gasteiger partial charge in [0.1, 0.15) is 13.2 Å². The van der Waals surface area contributed by atoms with Crippen LogP contribution in [0.15, 0.2) is 60.8 Å². The molecule has 0 bridgehead atoms. The summed E-state index contributed by atoms with van der Waals surface area (Å²) in [6.45, 7) is 6.33. The second kappa shape index (κ2) is 38.9. The SMILES string of the molecule is CC/C=C\C/C=C\C/C=C\C/C=C\C/C=C\CC(=O)OCC(COC(=O)CCCCCCCC)OC(=O)CCCCCCCCCCCCC. The number of ether oxygens (including phenoxy) is 3. The molecule has 1 unspecified atom stereocenters. The molecule has 0 saturated carbocycles. The van der Waals surface area contributed by atoms with Crippen LogP contribution in [0.5, 0.6) is 0 Å². The Kier molecular flexibility index (Phi) is 36.7. The van der Waals surface area contributed by atoms with Crippen molar-refractivity contribution in [2.75, 3.05) is 13.2 Å². The van der Waals surface area contributed by atoms with E-state index in [0.29, 0.717) is 12.8 Å². The zero-order chi connectivity index (χ0) is 36.6. The van der Waals surface area contributed by atoms with Gasteiger partial charge in [0.25, 0.3) is 0 Å². The van der Waals surface area contributed by atoms with Crippen molar-refractivity contribution < 1.29 is 28.6 Å². The van der Waals surface area contributed by atoms with E-state index in [0.717, 1.165) is 70.6 Å². The number of unbranched alkanes of at least 4 members (excludes halogenated alkanes) is 15. The van der Waals surface area contributed by atoms with Crippen molar-refractivity contribution in [1.82, 2.24) is 0 Å². The summed E-state index contributed by atoms with van der Waals surface area (Å²) in [5.41, 5.74) is 0. The minimum atomic E-state index is -0.805. The molecule has 0 aromatic rings. The highest BCUT2D eigenvalue weighted by Crippen LogP contribution is 2.13. The lowest BCUT2D eigenvalue weighted by molar-refractivity contribution is -0.166. The first-order valence-corrected chi connectivity index (χ1v) is 20.3. The van der Waals surface area contributed by atoms with Crippen LogP contribution in [0, 0.1) is 0 Å². The monoisotopic (exact) mass is 699 g/mol. The van der Waals surface area contributed by atoms with Crippen LogP contribution in [-0.4, -0.2) is 37.2 Å². The predicted molar refractivity (Wildman–Crippen MR) is 210 cm³/mol. The van der Waals surface area contributed by atoms with E-state index in [-0.39, 0.29) is 31.6 Å². The summed E-state index contributed by atoms with van der Waals surface area (Å²) in [5.74, 6) is -1.06. The lowest BCUT2D eigenvalue weighted by Gasteiger charge is -2.18. The first kappa shape index (κ1) is 47.1. The molecule has 0 spiro atoms. The summed E-state index contributed by atoms with van der Waals surface area (Å²) in [6.07, 6.45) is 45.3. The van der Waals surface area contributed by atoms with E-state index in [4.69, 9.17) is 14.2 Å². The molecular formula is C44H74O6. The van der Waals surface area contributed by atoms with E-state index >= 15 is 0 Å². The molecule has 0 amide bonds. The average molecular weight is 699 g/mol. The topological polar surface area (TPSA) is 78.9 Å². The van der Waals surface area contributed by atoms with Crippen LogP contribution in [0.25, 0.3) is 0 Å². The van der Waals surface area contributed by atoms with Crippen LogP contribution in [0.3, 0.4) is 0 Å². The Labute approximate surface area is 307 Å². The van der Waals surface area contributed by atoms with Gasteiger partial charge in [0, 0.05) is 12.8 Å². The lowest BCUT2D eigenvalue weighted by atomic mass is 10.1. The van der Waals surface area contributed by atoms with E-state index in [1.54, 1.807) is 6.08 Å². The molecule has 0 aliphatic carbocycles. The zero-order valence-electron chi connectivity index (χ0n) is 32.4. The molecule has 0 aliphatic heterocycles. The summed E-state index contributed by atoms with van der Waals surface area (Å²) >= 11 is 0. The summed E-state index contributed by atoms with van der Waals surface area (Å²) in [7, 11) is 0.